The summed E-state index contributed by atoms with van der Waals surface area (Å²) in [4.78, 5) is 12.3. The predicted molar refractivity (Wildman–Crippen MR) is 84.5 cm³/mol. The molecule has 0 saturated carbocycles. The number of hydrogen-bond acceptors (Lipinski definition) is 3. The first-order valence-electron chi connectivity index (χ1n) is 6.49. The zero-order chi connectivity index (χ0) is 14.8. The van der Waals surface area contributed by atoms with Crippen LogP contribution in [0.15, 0.2) is 18.2 Å². The van der Waals surface area contributed by atoms with Crippen molar-refractivity contribution in [3.63, 3.8) is 0 Å². The number of halogens is 2. The molecule has 3 nitrogen and oxygen atoms in total. The molecule has 6 heteroatoms. The Hall–Kier alpha value is -0.420. The average Bonchev–Trinajstić information content (AvgIpc) is 2.42. The van der Waals surface area contributed by atoms with Crippen LogP contribution in [0.2, 0.25) is 10.0 Å². The van der Waals surface area contributed by atoms with Crippen LogP contribution in [0.1, 0.15) is 31.4 Å². The highest BCUT2D eigenvalue weighted by molar-refractivity contribution is 7.99. The lowest BCUT2D eigenvalue weighted by Crippen LogP contribution is -2.49. The number of nitrogens with one attached hydrogen (secondary N) is 1. The van der Waals surface area contributed by atoms with Gasteiger partial charge in [0.25, 0.3) is 5.91 Å². The SMILES string of the molecule is CC(NC(=O)C1(O)CCSCC1)c1cccc(Cl)c1Cl. The van der Waals surface area contributed by atoms with E-state index in [1.807, 2.05) is 13.0 Å². The van der Waals surface area contributed by atoms with Crippen LogP contribution in [-0.4, -0.2) is 28.1 Å². The minimum absolute atomic E-state index is 0.299. The molecular weight excluding hydrogens is 317 g/mol. The summed E-state index contributed by atoms with van der Waals surface area (Å²) in [6.07, 6.45) is 0.971. The van der Waals surface area contributed by atoms with Crippen molar-refractivity contribution in [3.05, 3.63) is 33.8 Å². The second kappa shape index (κ2) is 6.56. The van der Waals surface area contributed by atoms with Crippen molar-refractivity contribution < 1.29 is 9.90 Å². The van der Waals surface area contributed by atoms with Crippen molar-refractivity contribution in [2.45, 2.75) is 31.4 Å². The van der Waals surface area contributed by atoms with E-state index < -0.39 is 5.60 Å². The third kappa shape index (κ3) is 3.42. The summed E-state index contributed by atoms with van der Waals surface area (Å²) in [5.41, 5.74) is -0.508. The number of carbonyl (C=O) groups excluding carboxylic acids is 1. The molecule has 0 aromatic heterocycles. The summed E-state index contributed by atoms with van der Waals surface area (Å²) in [7, 11) is 0. The van der Waals surface area contributed by atoms with E-state index in [-0.39, 0.29) is 11.9 Å². The van der Waals surface area contributed by atoms with Gasteiger partial charge in [0.1, 0.15) is 5.60 Å². The number of benzene rings is 1. The summed E-state index contributed by atoms with van der Waals surface area (Å²) in [5.74, 6) is 1.27. The molecule has 1 saturated heterocycles. The van der Waals surface area contributed by atoms with Crippen molar-refractivity contribution in [2.24, 2.45) is 0 Å². The van der Waals surface area contributed by atoms with Crippen LogP contribution in [0.3, 0.4) is 0 Å². The standard InChI is InChI=1S/C14H17Cl2NO2S/c1-9(10-3-2-4-11(15)12(10)16)17-13(18)14(19)5-7-20-8-6-14/h2-4,9,19H,5-8H2,1H3,(H,17,18). The fraction of sp³-hybridized carbons (Fsp3) is 0.500. The van der Waals surface area contributed by atoms with E-state index >= 15 is 0 Å². The zero-order valence-electron chi connectivity index (χ0n) is 11.2. The molecular formula is C14H17Cl2NO2S. The van der Waals surface area contributed by atoms with Crippen LogP contribution in [-0.2, 0) is 4.79 Å². The third-order valence-electron chi connectivity index (χ3n) is 3.54. The van der Waals surface area contributed by atoms with Gasteiger partial charge in [-0.25, -0.2) is 0 Å². The van der Waals surface area contributed by atoms with Crippen molar-refractivity contribution in [3.8, 4) is 0 Å². The van der Waals surface area contributed by atoms with E-state index in [9.17, 15) is 9.90 Å². The Bertz CT molecular complexity index is 504. The van der Waals surface area contributed by atoms with E-state index in [0.717, 1.165) is 17.1 Å². The second-order valence-corrected chi connectivity index (χ2v) is 6.99. The van der Waals surface area contributed by atoms with Crippen LogP contribution in [0.25, 0.3) is 0 Å². The number of rotatable bonds is 3. The molecule has 0 aliphatic carbocycles. The van der Waals surface area contributed by atoms with E-state index in [0.29, 0.717) is 22.9 Å². The summed E-state index contributed by atoms with van der Waals surface area (Å²) in [5, 5.41) is 14.1. The number of hydrogen-bond donors (Lipinski definition) is 2. The predicted octanol–water partition coefficient (Wildman–Crippen LogP) is 3.43. The Morgan fingerprint density at radius 3 is 2.70 bits per heavy atom. The highest BCUT2D eigenvalue weighted by Crippen LogP contribution is 2.31. The fourth-order valence-electron chi connectivity index (χ4n) is 2.20. The maximum Gasteiger partial charge on any atom is 0.252 e. The molecule has 2 N–H and O–H groups in total. The van der Waals surface area contributed by atoms with Gasteiger partial charge in [-0.2, -0.15) is 11.8 Å². The van der Waals surface area contributed by atoms with E-state index in [1.54, 1.807) is 23.9 Å². The Labute approximate surface area is 133 Å². The average molecular weight is 334 g/mol. The van der Waals surface area contributed by atoms with Gasteiger partial charge < -0.3 is 10.4 Å². The second-order valence-electron chi connectivity index (χ2n) is 4.98. The van der Waals surface area contributed by atoms with E-state index in [2.05, 4.69) is 5.32 Å². The minimum atomic E-state index is -1.26. The third-order valence-corrected chi connectivity index (χ3v) is 5.36. The smallest absolute Gasteiger partial charge is 0.252 e. The fourth-order valence-corrected chi connectivity index (χ4v) is 3.84. The van der Waals surface area contributed by atoms with Crippen LogP contribution < -0.4 is 5.32 Å². The van der Waals surface area contributed by atoms with Crippen LogP contribution >= 0.6 is 35.0 Å². The van der Waals surface area contributed by atoms with Crippen LogP contribution in [0.5, 0.6) is 0 Å². The van der Waals surface area contributed by atoms with E-state index in [4.69, 9.17) is 23.2 Å². The number of carbonyl (C=O) groups is 1. The molecule has 1 aliphatic heterocycles. The molecule has 1 heterocycles. The largest absolute Gasteiger partial charge is 0.380 e. The molecule has 0 radical (unpaired) electrons. The monoisotopic (exact) mass is 333 g/mol. The highest BCUT2D eigenvalue weighted by atomic mass is 35.5. The number of aliphatic hydroxyl groups is 1. The minimum Gasteiger partial charge on any atom is -0.380 e. The molecule has 2 rings (SSSR count). The Morgan fingerprint density at radius 2 is 2.05 bits per heavy atom. The quantitative estimate of drug-likeness (QED) is 0.890. The van der Waals surface area contributed by atoms with Gasteiger partial charge in [-0.05, 0) is 42.9 Å². The number of thioether (sulfide) groups is 1. The summed E-state index contributed by atoms with van der Waals surface area (Å²) < 4.78 is 0. The normalized spacial score (nSPS) is 19.4. The molecule has 1 fully saturated rings. The first-order valence-corrected chi connectivity index (χ1v) is 8.40. The maximum atomic E-state index is 12.3. The molecule has 1 amide bonds. The van der Waals surface area contributed by atoms with Crippen molar-refractivity contribution in [1.29, 1.82) is 0 Å². The van der Waals surface area contributed by atoms with Gasteiger partial charge in [0.15, 0.2) is 0 Å². The van der Waals surface area contributed by atoms with Crippen LogP contribution in [0.4, 0.5) is 0 Å². The maximum absolute atomic E-state index is 12.3. The van der Waals surface area contributed by atoms with E-state index in [1.165, 1.54) is 0 Å². The molecule has 1 aromatic rings. The van der Waals surface area contributed by atoms with Crippen LogP contribution in [0, 0.1) is 0 Å². The topological polar surface area (TPSA) is 49.3 Å². The van der Waals surface area contributed by atoms with Gasteiger partial charge in [0, 0.05) is 0 Å². The lowest BCUT2D eigenvalue weighted by molar-refractivity contribution is -0.141. The molecule has 1 atom stereocenters. The zero-order valence-corrected chi connectivity index (χ0v) is 13.5. The van der Waals surface area contributed by atoms with Gasteiger partial charge in [-0.3, -0.25) is 4.79 Å². The van der Waals surface area contributed by atoms with Gasteiger partial charge in [0.05, 0.1) is 16.1 Å². The molecule has 110 valence electrons. The van der Waals surface area contributed by atoms with Gasteiger partial charge in [0.2, 0.25) is 0 Å². The summed E-state index contributed by atoms with van der Waals surface area (Å²) in [6, 6.07) is 5.01. The lowest BCUT2D eigenvalue weighted by Gasteiger charge is -2.31. The summed E-state index contributed by atoms with van der Waals surface area (Å²) >= 11 is 13.9. The summed E-state index contributed by atoms with van der Waals surface area (Å²) in [6.45, 7) is 1.83. The lowest BCUT2D eigenvalue weighted by atomic mass is 9.95. The first-order chi connectivity index (χ1) is 9.44. The van der Waals surface area contributed by atoms with Gasteiger partial charge in [-0.1, -0.05) is 35.3 Å². The molecule has 1 aromatic carbocycles. The highest BCUT2D eigenvalue weighted by Gasteiger charge is 2.38. The number of amides is 1. The Kier molecular flexibility index (Phi) is 5.24. The van der Waals surface area contributed by atoms with Gasteiger partial charge in [-0.15, -0.1) is 0 Å². The van der Waals surface area contributed by atoms with Crippen molar-refractivity contribution >= 4 is 40.9 Å². The van der Waals surface area contributed by atoms with Crippen molar-refractivity contribution in [2.75, 3.05) is 11.5 Å². The molecule has 1 unspecified atom stereocenters. The molecule has 1 aliphatic rings. The molecule has 0 spiro atoms. The molecule has 0 bridgehead atoms. The van der Waals surface area contributed by atoms with Crippen molar-refractivity contribution in [1.82, 2.24) is 5.32 Å². The van der Waals surface area contributed by atoms with Gasteiger partial charge >= 0.3 is 0 Å². The Morgan fingerprint density at radius 1 is 1.40 bits per heavy atom. The molecule has 20 heavy (non-hydrogen) atoms. The Balaban J connectivity index is 2.09. The first kappa shape index (κ1) is 16.0.